The summed E-state index contributed by atoms with van der Waals surface area (Å²) in [5.41, 5.74) is -0.292. The average Bonchev–Trinajstić information content (AvgIpc) is 2.26. The molecule has 0 aromatic heterocycles. The lowest BCUT2D eigenvalue weighted by Crippen LogP contribution is -2.41. The molecule has 1 aliphatic carbocycles. The Kier molecular flexibility index (Phi) is 5.44. The predicted octanol–water partition coefficient (Wildman–Crippen LogP) is 2.55. The maximum absolute atomic E-state index is 11.4. The Morgan fingerprint density at radius 3 is 2.39 bits per heavy atom. The number of carbonyl (C=O) groups is 2. The molecule has 0 aliphatic heterocycles. The van der Waals surface area contributed by atoms with Gasteiger partial charge in [0.05, 0.1) is 12.5 Å². The van der Waals surface area contributed by atoms with Crippen molar-refractivity contribution < 1.29 is 19.4 Å². The lowest BCUT2D eigenvalue weighted by molar-refractivity contribution is -0.140. The molecule has 0 radical (unpaired) electrons. The van der Waals surface area contributed by atoms with Crippen LogP contribution in [0.5, 0.6) is 0 Å². The average molecular weight is 257 g/mol. The van der Waals surface area contributed by atoms with Crippen molar-refractivity contribution >= 4 is 12.1 Å². The van der Waals surface area contributed by atoms with E-state index in [4.69, 9.17) is 9.84 Å². The number of carboxylic acid groups (broad SMARTS) is 1. The monoisotopic (exact) mass is 257 g/mol. The number of hydrogen-bond donors (Lipinski definition) is 2. The number of rotatable bonds is 5. The van der Waals surface area contributed by atoms with Gasteiger partial charge in [-0.3, -0.25) is 4.79 Å². The van der Waals surface area contributed by atoms with Crippen LogP contribution in [-0.2, 0) is 9.53 Å². The minimum atomic E-state index is -0.795. The largest absolute Gasteiger partial charge is 0.481 e. The highest BCUT2D eigenvalue weighted by Gasteiger charge is 2.34. The zero-order valence-corrected chi connectivity index (χ0v) is 11.2. The van der Waals surface area contributed by atoms with Crippen molar-refractivity contribution in [1.82, 2.24) is 5.32 Å². The van der Waals surface area contributed by atoms with Crippen LogP contribution in [0.1, 0.15) is 52.4 Å². The first-order chi connectivity index (χ1) is 8.43. The summed E-state index contributed by atoms with van der Waals surface area (Å²) in [5.74, 6) is -0.795. The van der Waals surface area contributed by atoms with E-state index in [1.807, 2.05) is 0 Å². The second-order valence-corrected chi connectivity index (χ2v) is 5.44. The van der Waals surface area contributed by atoms with Gasteiger partial charge in [-0.2, -0.15) is 0 Å². The van der Waals surface area contributed by atoms with Gasteiger partial charge in [-0.1, -0.05) is 19.3 Å². The van der Waals surface area contributed by atoms with E-state index in [0.29, 0.717) is 6.54 Å². The van der Waals surface area contributed by atoms with Crippen LogP contribution in [0.4, 0.5) is 4.79 Å². The number of alkyl carbamates (subject to hydrolysis) is 1. The van der Waals surface area contributed by atoms with Gasteiger partial charge < -0.3 is 15.2 Å². The second-order valence-electron chi connectivity index (χ2n) is 5.44. The van der Waals surface area contributed by atoms with Crippen LogP contribution in [0.15, 0.2) is 0 Å². The Labute approximate surface area is 108 Å². The first-order valence-electron chi connectivity index (χ1n) is 6.60. The van der Waals surface area contributed by atoms with Gasteiger partial charge in [0.15, 0.2) is 0 Å². The maximum Gasteiger partial charge on any atom is 0.407 e. The third kappa shape index (κ3) is 4.94. The third-order valence-electron chi connectivity index (χ3n) is 3.39. The molecule has 0 atom stereocenters. The van der Waals surface area contributed by atoms with Crippen molar-refractivity contribution in [3.8, 4) is 0 Å². The molecule has 0 bridgehead atoms. The molecule has 5 nitrogen and oxygen atoms in total. The number of nitrogens with one attached hydrogen (secondary N) is 1. The first kappa shape index (κ1) is 14.8. The molecule has 1 rings (SSSR count). The fourth-order valence-corrected chi connectivity index (χ4v) is 2.55. The van der Waals surface area contributed by atoms with Crippen molar-refractivity contribution in [3.05, 3.63) is 0 Å². The Balaban J connectivity index is 2.50. The van der Waals surface area contributed by atoms with Gasteiger partial charge >= 0.3 is 12.1 Å². The van der Waals surface area contributed by atoms with Gasteiger partial charge in [0, 0.05) is 6.54 Å². The number of hydrogen-bond acceptors (Lipinski definition) is 3. The molecule has 104 valence electrons. The Morgan fingerprint density at radius 2 is 1.89 bits per heavy atom. The van der Waals surface area contributed by atoms with Crippen molar-refractivity contribution in [3.63, 3.8) is 0 Å². The molecule has 0 unspecified atom stereocenters. The van der Waals surface area contributed by atoms with E-state index >= 15 is 0 Å². The van der Waals surface area contributed by atoms with Crippen LogP contribution < -0.4 is 5.32 Å². The molecule has 0 spiro atoms. The topological polar surface area (TPSA) is 75.6 Å². The lowest BCUT2D eigenvalue weighted by atomic mass is 9.72. The van der Waals surface area contributed by atoms with E-state index in [1.54, 1.807) is 13.8 Å². The molecule has 0 saturated heterocycles. The van der Waals surface area contributed by atoms with Crippen LogP contribution in [0.2, 0.25) is 0 Å². The zero-order valence-electron chi connectivity index (χ0n) is 11.2. The molecular weight excluding hydrogens is 234 g/mol. The molecule has 1 fully saturated rings. The van der Waals surface area contributed by atoms with Crippen molar-refractivity contribution in [2.75, 3.05) is 6.54 Å². The van der Waals surface area contributed by atoms with Crippen LogP contribution >= 0.6 is 0 Å². The van der Waals surface area contributed by atoms with Gasteiger partial charge in [-0.25, -0.2) is 4.79 Å². The summed E-state index contributed by atoms with van der Waals surface area (Å²) in [4.78, 5) is 22.4. The zero-order chi connectivity index (χ0) is 13.6. The number of ether oxygens (including phenoxy) is 1. The maximum atomic E-state index is 11.4. The predicted molar refractivity (Wildman–Crippen MR) is 67.4 cm³/mol. The summed E-state index contributed by atoms with van der Waals surface area (Å²) < 4.78 is 4.99. The van der Waals surface area contributed by atoms with E-state index < -0.39 is 12.1 Å². The number of aliphatic carboxylic acids is 1. The fourth-order valence-electron chi connectivity index (χ4n) is 2.55. The minimum absolute atomic E-state index is 0.120. The first-order valence-corrected chi connectivity index (χ1v) is 6.60. The summed E-state index contributed by atoms with van der Waals surface area (Å²) in [6, 6.07) is 0. The summed E-state index contributed by atoms with van der Waals surface area (Å²) in [7, 11) is 0. The SMILES string of the molecule is CC(C)OC(=O)NCC1(CC(=O)O)CCCCC1. The molecule has 0 aromatic carbocycles. The van der Waals surface area contributed by atoms with Gasteiger partial charge in [0.25, 0.3) is 0 Å². The molecule has 1 aliphatic rings. The van der Waals surface area contributed by atoms with Gasteiger partial charge in [0.1, 0.15) is 0 Å². The molecule has 18 heavy (non-hydrogen) atoms. The normalized spacial score (nSPS) is 18.4. The lowest BCUT2D eigenvalue weighted by Gasteiger charge is -2.36. The van der Waals surface area contributed by atoms with E-state index in [-0.39, 0.29) is 17.9 Å². The molecule has 2 N–H and O–H groups in total. The quantitative estimate of drug-likeness (QED) is 0.793. The van der Waals surface area contributed by atoms with Crippen LogP contribution in [0.3, 0.4) is 0 Å². The number of amides is 1. The highest BCUT2D eigenvalue weighted by atomic mass is 16.6. The molecule has 5 heteroatoms. The summed E-state index contributed by atoms with van der Waals surface area (Å²) >= 11 is 0. The summed E-state index contributed by atoms with van der Waals surface area (Å²) in [6.45, 7) is 3.96. The molecule has 1 amide bonds. The van der Waals surface area contributed by atoms with Gasteiger partial charge in [0.2, 0.25) is 0 Å². The van der Waals surface area contributed by atoms with Gasteiger partial charge in [-0.15, -0.1) is 0 Å². The van der Waals surface area contributed by atoms with Crippen molar-refractivity contribution in [2.45, 2.75) is 58.5 Å². The molecule has 0 heterocycles. The number of carboxylic acids is 1. The third-order valence-corrected chi connectivity index (χ3v) is 3.39. The molecule has 0 aromatic rings. The van der Waals surface area contributed by atoms with Crippen molar-refractivity contribution in [1.29, 1.82) is 0 Å². The van der Waals surface area contributed by atoms with Crippen LogP contribution in [0.25, 0.3) is 0 Å². The second kappa shape index (κ2) is 6.61. The minimum Gasteiger partial charge on any atom is -0.481 e. The van der Waals surface area contributed by atoms with E-state index in [0.717, 1.165) is 32.1 Å². The highest BCUT2D eigenvalue weighted by Crippen LogP contribution is 2.38. The number of carbonyl (C=O) groups excluding carboxylic acids is 1. The van der Waals surface area contributed by atoms with E-state index in [2.05, 4.69) is 5.32 Å². The van der Waals surface area contributed by atoms with Crippen LogP contribution in [0, 0.1) is 5.41 Å². The Hall–Kier alpha value is -1.26. The molecular formula is C13H23NO4. The van der Waals surface area contributed by atoms with Crippen LogP contribution in [-0.4, -0.2) is 29.8 Å². The molecule has 1 saturated carbocycles. The Bertz CT molecular complexity index is 295. The summed E-state index contributed by atoms with van der Waals surface area (Å²) in [6.07, 6.45) is 4.45. The Morgan fingerprint density at radius 1 is 1.28 bits per heavy atom. The summed E-state index contributed by atoms with van der Waals surface area (Å²) in [5, 5.41) is 11.7. The van der Waals surface area contributed by atoms with Gasteiger partial charge in [-0.05, 0) is 32.1 Å². The van der Waals surface area contributed by atoms with E-state index in [1.165, 1.54) is 0 Å². The highest BCUT2D eigenvalue weighted by molar-refractivity contribution is 5.69. The fraction of sp³-hybridized carbons (Fsp3) is 0.846. The smallest absolute Gasteiger partial charge is 0.407 e. The van der Waals surface area contributed by atoms with Crippen molar-refractivity contribution in [2.24, 2.45) is 5.41 Å². The van der Waals surface area contributed by atoms with E-state index in [9.17, 15) is 9.59 Å². The standard InChI is InChI=1S/C13H23NO4/c1-10(2)18-12(17)14-9-13(8-11(15)16)6-4-3-5-7-13/h10H,3-9H2,1-2H3,(H,14,17)(H,15,16).